The van der Waals surface area contributed by atoms with Gasteiger partial charge in [-0.3, -0.25) is 9.59 Å². The summed E-state index contributed by atoms with van der Waals surface area (Å²) in [5, 5.41) is 8.96. The number of carbonyl (C=O) groups excluding carboxylic acids is 1. The first-order chi connectivity index (χ1) is 9.16. The van der Waals surface area contributed by atoms with E-state index in [1.165, 1.54) is 0 Å². The summed E-state index contributed by atoms with van der Waals surface area (Å²) in [5.74, 6) is -0.992. The maximum absolute atomic E-state index is 12.4. The highest BCUT2D eigenvalue weighted by molar-refractivity contribution is 5.93. The van der Waals surface area contributed by atoms with E-state index in [0.717, 1.165) is 18.5 Å². The van der Waals surface area contributed by atoms with Gasteiger partial charge in [0.05, 0.1) is 5.92 Å². The van der Waals surface area contributed by atoms with Crippen LogP contribution in [0, 0.1) is 5.92 Å². The van der Waals surface area contributed by atoms with Crippen molar-refractivity contribution in [2.75, 3.05) is 13.1 Å². The quantitative estimate of drug-likeness (QED) is 0.902. The molecule has 0 radical (unpaired) electrons. The van der Waals surface area contributed by atoms with Crippen LogP contribution in [0.4, 0.5) is 0 Å². The third-order valence-electron chi connectivity index (χ3n) is 4.07. The number of rotatable bonds is 3. The Hall–Kier alpha value is -1.78. The summed E-state index contributed by atoms with van der Waals surface area (Å²) in [7, 11) is 0. The minimum atomic E-state index is -0.742. The summed E-state index contributed by atoms with van der Waals surface area (Å²) in [6.07, 6.45) is 5.39. The van der Waals surface area contributed by atoms with Crippen LogP contribution in [0.25, 0.3) is 0 Å². The van der Waals surface area contributed by atoms with Gasteiger partial charge in [-0.05, 0) is 37.8 Å². The van der Waals surface area contributed by atoms with Gasteiger partial charge in [-0.15, -0.1) is 0 Å². The predicted molar refractivity (Wildman–Crippen MR) is 69.0 cm³/mol. The van der Waals surface area contributed by atoms with Crippen molar-refractivity contribution in [3.05, 3.63) is 24.0 Å². The van der Waals surface area contributed by atoms with Gasteiger partial charge >= 0.3 is 5.97 Å². The highest BCUT2D eigenvalue weighted by Crippen LogP contribution is 2.36. The number of likely N-dealkylation sites (tertiary alicyclic amines) is 1. The highest BCUT2D eigenvalue weighted by atomic mass is 16.4. The topological polar surface area (TPSA) is 62.5 Å². The number of nitrogens with zero attached hydrogens (tertiary/aromatic N) is 2. The van der Waals surface area contributed by atoms with Crippen LogP contribution in [0.3, 0.4) is 0 Å². The van der Waals surface area contributed by atoms with Gasteiger partial charge in [-0.2, -0.15) is 0 Å². The van der Waals surface area contributed by atoms with Crippen LogP contribution in [-0.2, 0) is 4.79 Å². The number of carboxylic acid groups (broad SMARTS) is 1. The minimum Gasteiger partial charge on any atom is -0.481 e. The first-order valence-corrected chi connectivity index (χ1v) is 6.85. The number of hydrogen-bond donors (Lipinski definition) is 1. The molecular weight excluding hydrogens is 244 g/mol. The van der Waals surface area contributed by atoms with E-state index >= 15 is 0 Å². The maximum Gasteiger partial charge on any atom is 0.306 e. The number of piperidine rings is 1. The molecule has 0 bridgehead atoms. The van der Waals surface area contributed by atoms with Crippen molar-refractivity contribution in [2.24, 2.45) is 5.92 Å². The van der Waals surface area contributed by atoms with Crippen LogP contribution in [0.1, 0.15) is 42.2 Å². The predicted octanol–water partition coefficient (Wildman–Crippen LogP) is 1.76. The van der Waals surface area contributed by atoms with Gasteiger partial charge in [0.1, 0.15) is 5.69 Å². The second kappa shape index (κ2) is 4.72. The Morgan fingerprint density at radius 2 is 1.84 bits per heavy atom. The van der Waals surface area contributed by atoms with E-state index in [0.29, 0.717) is 32.0 Å². The first-order valence-electron chi connectivity index (χ1n) is 6.85. The smallest absolute Gasteiger partial charge is 0.306 e. The Bertz CT molecular complexity index is 497. The molecule has 2 aliphatic rings. The Balaban J connectivity index is 1.68. The molecule has 1 aromatic heterocycles. The fourth-order valence-electron chi connectivity index (χ4n) is 2.74. The molecule has 1 saturated heterocycles. The lowest BCUT2D eigenvalue weighted by Gasteiger charge is -2.30. The summed E-state index contributed by atoms with van der Waals surface area (Å²) in [6.45, 7) is 1.09. The third kappa shape index (κ3) is 2.37. The number of aromatic nitrogens is 1. The van der Waals surface area contributed by atoms with E-state index in [4.69, 9.17) is 5.11 Å². The summed E-state index contributed by atoms with van der Waals surface area (Å²) in [5.41, 5.74) is 0.747. The number of amides is 1. The molecule has 3 rings (SSSR count). The van der Waals surface area contributed by atoms with Gasteiger partial charge < -0.3 is 14.6 Å². The van der Waals surface area contributed by atoms with Gasteiger partial charge in [0.25, 0.3) is 5.91 Å². The molecule has 0 unspecified atom stereocenters. The molecule has 1 N–H and O–H groups in total. The van der Waals surface area contributed by atoms with Crippen molar-refractivity contribution in [2.45, 2.75) is 31.7 Å². The number of aliphatic carboxylic acids is 1. The van der Waals surface area contributed by atoms with Crippen LogP contribution >= 0.6 is 0 Å². The number of carbonyl (C=O) groups is 2. The monoisotopic (exact) mass is 262 g/mol. The fourth-order valence-corrected chi connectivity index (χ4v) is 2.74. The fraction of sp³-hybridized carbons (Fsp3) is 0.571. The van der Waals surface area contributed by atoms with Crippen molar-refractivity contribution in [1.82, 2.24) is 9.47 Å². The van der Waals surface area contributed by atoms with Crippen molar-refractivity contribution >= 4 is 11.9 Å². The molecule has 0 spiro atoms. The standard InChI is InChI=1S/C14H18N2O3/c17-13(12-2-1-7-16(12)11-3-4-11)15-8-5-10(6-9-15)14(18)19/h1-2,7,10-11H,3-6,8-9H2,(H,18,19). The van der Waals surface area contributed by atoms with Crippen LogP contribution in [0.15, 0.2) is 18.3 Å². The average Bonchev–Trinajstić information content (AvgIpc) is 3.15. The van der Waals surface area contributed by atoms with E-state index in [2.05, 4.69) is 4.57 Å². The zero-order valence-electron chi connectivity index (χ0n) is 10.8. The Labute approximate surface area is 111 Å². The Kier molecular flexibility index (Phi) is 3.05. The molecule has 5 nitrogen and oxygen atoms in total. The molecule has 1 saturated carbocycles. The zero-order chi connectivity index (χ0) is 13.4. The van der Waals surface area contributed by atoms with Gasteiger partial charge in [-0.1, -0.05) is 0 Å². The molecular formula is C14H18N2O3. The lowest BCUT2D eigenvalue weighted by Crippen LogP contribution is -2.40. The average molecular weight is 262 g/mol. The molecule has 2 heterocycles. The summed E-state index contributed by atoms with van der Waals surface area (Å²) in [4.78, 5) is 25.1. The van der Waals surface area contributed by atoms with Crippen molar-refractivity contribution in [1.29, 1.82) is 0 Å². The van der Waals surface area contributed by atoms with Gasteiger partial charge in [0, 0.05) is 25.3 Å². The minimum absolute atomic E-state index is 0.0424. The van der Waals surface area contributed by atoms with E-state index < -0.39 is 5.97 Å². The Morgan fingerprint density at radius 3 is 2.42 bits per heavy atom. The van der Waals surface area contributed by atoms with E-state index in [-0.39, 0.29) is 11.8 Å². The van der Waals surface area contributed by atoms with Gasteiger partial charge in [-0.25, -0.2) is 0 Å². The van der Waals surface area contributed by atoms with E-state index in [1.54, 1.807) is 4.90 Å². The molecule has 2 fully saturated rings. The number of hydrogen-bond acceptors (Lipinski definition) is 2. The van der Waals surface area contributed by atoms with Crippen LogP contribution < -0.4 is 0 Å². The molecule has 5 heteroatoms. The zero-order valence-corrected chi connectivity index (χ0v) is 10.8. The Morgan fingerprint density at radius 1 is 1.16 bits per heavy atom. The van der Waals surface area contributed by atoms with Gasteiger partial charge in [0.2, 0.25) is 0 Å². The number of carboxylic acids is 1. The molecule has 1 aromatic rings. The first kappa shape index (κ1) is 12.3. The summed E-state index contributed by atoms with van der Waals surface area (Å²) >= 11 is 0. The summed E-state index contributed by atoms with van der Waals surface area (Å²) in [6, 6.07) is 4.27. The van der Waals surface area contributed by atoms with Crippen molar-refractivity contribution < 1.29 is 14.7 Å². The van der Waals surface area contributed by atoms with Crippen LogP contribution in [0.5, 0.6) is 0 Å². The third-order valence-corrected chi connectivity index (χ3v) is 4.07. The molecule has 0 atom stereocenters. The van der Waals surface area contributed by atoms with E-state index in [1.807, 2.05) is 18.3 Å². The molecule has 0 aromatic carbocycles. The summed E-state index contributed by atoms with van der Waals surface area (Å²) < 4.78 is 2.06. The molecule has 19 heavy (non-hydrogen) atoms. The van der Waals surface area contributed by atoms with Gasteiger partial charge in [0.15, 0.2) is 0 Å². The van der Waals surface area contributed by atoms with Crippen LogP contribution in [0.2, 0.25) is 0 Å². The maximum atomic E-state index is 12.4. The lowest BCUT2D eigenvalue weighted by atomic mass is 9.97. The van der Waals surface area contributed by atoms with Crippen molar-refractivity contribution in [3.63, 3.8) is 0 Å². The molecule has 1 aliphatic carbocycles. The highest BCUT2D eigenvalue weighted by Gasteiger charge is 2.31. The second-order valence-corrected chi connectivity index (χ2v) is 5.44. The van der Waals surface area contributed by atoms with Crippen LogP contribution in [-0.4, -0.2) is 39.5 Å². The largest absolute Gasteiger partial charge is 0.481 e. The molecule has 1 aliphatic heterocycles. The molecule has 1 amide bonds. The second-order valence-electron chi connectivity index (χ2n) is 5.44. The van der Waals surface area contributed by atoms with Crippen molar-refractivity contribution in [3.8, 4) is 0 Å². The van der Waals surface area contributed by atoms with E-state index in [9.17, 15) is 9.59 Å². The SMILES string of the molecule is O=C(O)C1CCN(C(=O)c2cccn2C2CC2)CC1. The molecule has 102 valence electrons. The normalized spacial score (nSPS) is 20.5. The lowest BCUT2D eigenvalue weighted by molar-refractivity contribution is -0.143.